The van der Waals surface area contributed by atoms with E-state index in [-0.39, 0.29) is 114 Å². The fourth-order valence-corrected chi connectivity index (χ4v) is 1.98. The Hall–Kier alpha value is -1.52. The van der Waals surface area contributed by atoms with Crippen molar-refractivity contribution in [3.05, 3.63) is 25.3 Å². The molecular weight excluding hydrogens is 444 g/mol. The average molecular weight is 509 g/mol. The predicted molar refractivity (Wildman–Crippen MR) is 151 cm³/mol. The molecular formula is C24H64O8Si. The molecule has 0 fully saturated rings. The lowest BCUT2D eigenvalue weighted by atomic mass is 10.6. The topological polar surface area (TPSA) is 89.5 Å². The molecule has 1 atom stereocenters. The monoisotopic (exact) mass is 508 g/mol. The Morgan fingerprint density at radius 2 is 1.00 bits per heavy atom. The molecule has 0 saturated heterocycles. The molecule has 0 saturated carbocycles. The van der Waals surface area contributed by atoms with Crippen molar-refractivity contribution in [3.8, 4) is 0 Å². The fraction of sp³-hybridized carbons (Fsp3) is 0.750. The second-order valence-corrected chi connectivity index (χ2v) is 6.43. The molecule has 212 valence electrons. The van der Waals surface area contributed by atoms with Gasteiger partial charge in [0.15, 0.2) is 0 Å². The minimum atomic E-state index is -1.51. The van der Waals surface area contributed by atoms with E-state index in [1.807, 2.05) is 6.55 Å². The molecule has 0 amide bonds. The number of carbonyl (C=O) groups is 2. The molecule has 0 rings (SSSR count). The zero-order valence-corrected chi connectivity index (χ0v) is 14.5. The number of rotatable bonds is 15. The van der Waals surface area contributed by atoms with Gasteiger partial charge in [0.25, 0.3) is 0 Å². The van der Waals surface area contributed by atoms with Gasteiger partial charge >= 0.3 is 11.9 Å². The van der Waals surface area contributed by atoms with Gasteiger partial charge in [-0.3, -0.25) is 0 Å². The molecule has 0 aromatic carbocycles. The summed E-state index contributed by atoms with van der Waals surface area (Å²) in [4.78, 5) is 21.5. The molecule has 0 aromatic rings. The van der Waals surface area contributed by atoms with Gasteiger partial charge in [-0.15, -0.1) is 0 Å². The molecule has 0 aliphatic carbocycles. The van der Waals surface area contributed by atoms with Crippen LogP contribution < -0.4 is 0 Å². The average Bonchev–Trinajstić information content (AvgIpc) is 2.56. The highest BCUT2D eigenvalue weighted by Gasteiger charge is 2.05. The summed E-state index contributed by atoms with van der Waals surface area (Å²) in [5.41, 5.74) is 0. The van der Waals surface area contributed by atoms with Gasteiger partial charge in [0.2, 0.25) is 9.04 Å². The van der Waals surface area contributed by atoms with Crippen molar-refractivity contribution < 1.29 is 37.7 Å². The van der Waals surface area contributed by atoms with E-state index in [0.717, 1.165) is 12.2 Å². The molecule has 0 N–H and O–H groups in total. The highest BCUT2D eigenvalue weighted by molar-refractivity contribution is 6.49. The quantitative estimate of drug-likeness (QED) is 0.0795. The zero-order valence-electron chi connectivity index (χ0n) is 13.4. The van der Waals surface area contributed by atoms with Gasteiger partial charge in [0, 0.05) is 12.2 Å². The first-order chi connectivity index (χ1) is 11.1. The van der Waals surface area contributed by atoms with Gasteiger partial charge in [0.1, 0.15) is 26.8 Å². The smallest absolute Gasteiger partial charge is 0.330 e. The van der Waals surface area contributed by atoms with E-state index >= 15 is 0 Å². The highest BCUT2D eigenvalue weighted by atomic mass is 28.3. The van der Waals surface area contributed by atoms with Crippen molar-refractivity contribution in [1.29, 1.82) is 0 Å². The van der Waals surface area contributed by atoms with Crippen molar-refractivity contribution in [1.82, 2.24) is 0 Å². The van der Waals surface area contributed by atoms with E-state index in [2.05, 4.69) is 13.2 Å². The van der Waals surface area contributed by atoms with Crippen LogP contribution >= 0.6 is 0 Å². The second-order valence-electron chi connectivity index (χ2n) is 4.14. The Morgan fingerprint density at radius 1 is 0.636 bits per heavy atom. The minimum Gasteiger partial charge on any atom is -0.460 e. The first-order valence-electron chi connectivity index (χ1n) is 7.03. The molecule has 1 unspecified atom stereocenters. The Kier molecular flexibility index (Phi) is 111. The first kappa shape index (κ1) is 69.7. The van der Waals surface area contributed by atoms with Gasteiger partial charge in [-0.1, -0.05) is 87.4 Å². The first-order valence-corrected chi connectivity index (χ1v) is 9.47. The van der Waals surface area contributed by atoms with Crippen molar-refractivity contribution in [3.63, 3.8) is 0 Å². The summed E-state index contributed by atoms with van der Waals surface area (Å²) in [7, 11) is -1.51. The number of esters is 2. The SMILES string of the molecule is C.C.C.C.C.C.C.C.C.C.C=CC(=O)OCCOCOC[SiH](C)OCOCCOC(=O)C=C. The lowest BCUT2D eigenvalue weighted by Gasteiger charge is -2.12. The van der Waals surface area contributed by atoms with Crippen LogP contribution in [0.15, 0.2) is 25.3 Å². The van der Waals surface area contributed by atoms with Crippen molar-refractivity contribution in [2.45, 2.75) is 80.8 Å². The van der Waals surface area contributed by atoms with E-state index in [1.54, 1.807) is 0 Å². The molecule has 8 nitrogen and oxygen atoms in total. The van der Waals surface area contributed by atoms with Crippen LogP contribution in [0.1, 0.15) is 74.3 Å². The maximum Gasteiger partial charge on any atom is 0.330 e. The maximum absolute atomic E-state index is 10.7. The highest BCUT2D eigenvalue weighted by Crippen LogP contribution is 1.91. The lowest BCUT2D eigenvalue weighted by Crippen LogP contribution is -2.24. The number of hydrogen-bond donors (Lipinski definition) is 0. The summed E-state index contributed by atoms with van der Waals surface area (Å²) < 4.78 is 30.4. The largest absolute Gasteiger partial charge is 0.460 e. The molecule has 33 heavy (non-hydrogen) atoms. The van der Waals surface area contributed by atoms with Crippen LogP contribution in [0.5, 0.6) is 0 Å². The molecule has 0 spiro atoms. The van der Waals surface area contributed by atoms with Crippen molar-refractivity contribution >= 4 is 21.0 Å². The van der Waals surface area contributed by atoms with Crippen LogP contribution in [0.3, 0.4) is 0 Å². The molecule has 0 aromatic heterocycles. The Balaban J connectivity index is -0.0000000538. The van der Waals surface area contributed by atoms with Gasteiger partial charge in [0.05, 0.1) is 19.4 Å². The Morgan fingerprint density at radius 3 is 1.36 bits per heavy atom. The summed E-state index contributed by atoms with van der Waals surface area (Å²) in [5, 5.41) is 0. The van der Waals surface area contributed by atoms with Gasteiger partial charge in [-0.25, -0.2) is 9.59 Å². The summed E-state index contributed by atoms with van der Waals surface area (Å²) in [6.45, 7) is 9.56. The minimum absolute atomic E-state index is 0. The van der Waals surface area contributed by atoms with E-state index in [9.17, 15) is 9.59 Å². The van der Waals surface area contributed by atoms with E-state index < -0.39 is 21.0 Å². The zero-order chi connectivity index (χ0) is 17.3. The van der Waals surface area contributed by atoms with E-state index in [0.29, 0.717) is 6.23 Å². The van der Waals surface area contributed by atoms with Gasteiger partial charge in [-0.05, 0) is 6.55 Å². The third-order valence-corrected chi connectivity index (χ3v) is 3.64. The number of hydrogen-bond acceptors (Lipinski definition) is 8. The lowest BCUT2D eigenvalue weighted by molar-refractivity contribution is -0.141. The second kappa shape index (κ2) is 52.4. The van der Waals surface area contributed by atoms with Crippen LogP contribution in [0.25, 0.3) is 0 Å². The molecule has 0 heterocycles. The molecule has 0 bridgehead atoms. The number of carbonyl (C=O) groups excluding carboxylic acids is 2. The molecule has 0 radical (unpaired) electrons. The van der Waals surface area contributed by atoms with Gasteiger partial charge < -0.3 is 28.1 Å². The van der Waals surface area contributed by atoms with Crippen LogP contribution in [-0.4, -0.2) is 67.2 Å². The third-order valence-electron chi connectivity index (χ3n) is 2.23. The standard InChI is InChI=1S/C14H24O8Si.10CH4/c1-4-13(15)20-8-6-17-10-19-12-23(3)22-11-18-7-9-21-14(16)5-2;;;;;;;;;;/h4-5,23H,1-2,6-12H2,3H3;10*1H4. The third kappa shape index (κ3) is 53.6. The summed E-state index contributed by atoms with van der Waals surface area (Å²) in [6.07, 6.45) is 2.64. The maximum atomic E-state index is 10.7. The van der Waals surface area contributed by atoms with Crippen LogP contribution in [0, 0.1) is 0 Å². The van der Waals surface area contributed by atoms with E-state index in [1.165, 1.54) is 0 Å². The van der Waals surface area contributed by atoms with Crippen LogP contribution in [-0.2, 0) is 37.7 Å². The van der Waals surface area contributed by atoms with E-state index in [4.69, 9.17) is 28.1 Å². The Labute approximate surface area is 211 Å². The van der Waals surface area contributed by atoms with Gasteiger partial charge in [-0.2, -0.15) is 0 Å². The summed E-state index contributed by atoms with van der Waals surface area (Å²) in [5.74, 6) is -0.965. The van der Waals surface area contributed by atoms with Crippen molar-refractivity contribution in [2.75, 3.05) is 46.2 Å². The summed E-state index contributed by atoms with van der Waals surface area (Å²) >= 11 is 0. The summed E-state index contributed by atoms with van der Waals surface area (Å²) in [6, 6.07) is 0. The molecule has 0 aliphatic heterocycles. The normalized spacial score (nSPS) is 8.03. The molecule has 0 aliphatic rings. The van der Waals surface area contributed by atoms with Crippen molar-refractivity contribution in [2.24, 2.45) is 0 Å². The molecule has 9 heteroatoms. The van der Waals surface area contributed by atoms with Crippen LogP contribution in [0.4, 0.5) is 0 Å². The fourth-order valence-electron chi connectivity index (χ4n) is 1.12. The van der Waals surface area contributed by atoms with Crippen LogP contribution in [0.2, 0.25) is 6.55 Å². The Bertz CT molecular complexity index is 366. The predicted octanol–water partition coefficient (Wildman–Crippen LogP) is 6.68. The number of ether oxygens (including phenoxy) is 5.